The maximum atomic E-state index is 12.6. The van der Waals surface area contributed by atoms with E-state index in [0.29, 0.717) is 13.0 Å². The molecule has 1 N–H and O–H groups in total. The first kappa shape index (κ1) is 15.2. The molecule has 0 radical (unpaired) electrons. The molecule has 1 amide bonds. The Balaban J connectivity index is 1.79. The molecule has 22 heavy (non-hydrogen) atoms. The standard InChI is InChI=1S/C16H24N4O2/c1-12-10-14(18-13(2)17-12)20-9-5-6-16(22,11-20)15(21)19-7-3-4-8-19/h10,22H,3-9,11H2,1-2H3. The third-order valence-electron chi connectivity index (χ3n) is 4.54. The molecule has 1 aromatic rings. The second-order valence-electron chi connectivity index (χ2n) is 6.47. The largest absolute Gasteiger partial charge is 0.378 e. The normalized spacial score (nSPS) is 25.6. The van der Waals surface area contributed by atoms with Gasteiger partial charge in [-0.2, -0.15) is 0 Å². The van der Waals surface area contributed by atoms with Crippen molar-refractivity contribution in [2.24, 2.45) is 0 Å². The molecule has 2 aliphatic rings. The van der Waals surface area contributed by atoms with E-state index in [1.54, 1.807) is 4.90 Å². The van der Waals surface area contributed by atoms with Crippen molar-refractivity contribution in [1.29, 1.82) is 0 Å². The highest BCUT2D eigenvalue weighted by molar-refractivity contribution is 5.86. The van der Waals surface area contributed by atoms with Gasteiger partial charge in [-0.1, -0.05) is 0 Å². The summed E-state index contributed by atoms with van der Waals surface area (Å²) in [6.45, 7) is 6.47. The van der Waals surface area contributed by atoms with Gasteiger partial charge in [-0.05, 0) is 39.5 Å². The molecule has 2 aliphatic heterocycles. The molecule has 3 heterocycles. The van der Waals surface area contributed by atoms with Crippen molar-refractivity contribution in [2.45, 2.75) is 45.1 Å². The van der Waals surface area contributed by atoms with E-state index in [2.05, 4.69) is 9.97 Å². The summed E-state index contributed by atoms with van der Waals surface area (Å²) in [6, 6.07) is 1.92. The van der Waals surface area contributed by atoms with Crippen LogP contribution in [0.25, 0.3) is 0 Å². The molecule has 0 saturated carbocycles. The summed E-state index contributed by atoms with van der Waals surface area (Å²) in [7, 11) is 0. The number of aliphatic hydroxyl groups is 1. The number of hydrogen-bond acceptors (Lipinski definition) is 5. The predicted octanol–water partition coefficient (Wildman–Crippen LogP) is 1.05. The molecule has 1 aromatic heterocycles. The summed E-state index contributed by atoms with van der Waals surface area (Å²) in [4.78, 5) is 25.2. The van der Waals surface area contributed by atoms with E-state index >= 15 is 0 Å². The Morgan fingerprint density at radius 3 is 2.59 bits per heavy atom. The van der Waals surface area contributed by atoms with Gasteiger partial charge < -0.3 is 14.9 Å². The summed E-state index contributed by atoms with van der Waals surface area (Å²) in [5.41, 5.74) is -0.377. The zero-order chi connectivity index (χ0) is 15.7. The maximum Gasteiger partial charge on any atom is 0.256 e. The van der Waals surface area contributed by atoms with E-state index in [1.807, 2.05) is 24.8 Å². The molecule has 1 atom stereocenters. The Labute approximate surface area is 131 Å². The molecule has 6 nitrogen and oxygen atoms in total. The van der Waals surface area contributed by atoms with E-state index < -0.39 is 5.60 Å². The lowest BCUT2D eigenvalue weighted by Gasteiger charge is -2.40. The highest BCUT2D eigenvalue weighted by Crippen LogP contribution is 2.28. The number of carbonyl (C=O) groups excluding carboxylic acids is 1. The lowest BCUT2D eigenvalue weighted by atomic mass is 9.91. The third-order valence-corrected chi connectivity index (χ3v) is 4.54. The van der Waals surface area contributed by atoms with Gasteiger partial charge >= 0.3 is 0 Å². The number of nitrogens with zero attached hydrogens (tertiary/aromatic N) is 4. The van der Waals surface area contributed by atoms with Crippen molar-refractivity contribution in [3.8, 4) is 0 Å². The molecule has 0 aliphatic carbocycles. The fraction of sp³-hybridized carbons (Fsp3) is 0.688. The fourth-order valence-corrected chi connectivity index (χ4v) is 3.48. The van der Waals surface area contributed by atoms with Crippen LogP contribution in [0.5, 0.6) is 0 Å². The van der Waals surface area contributed by atoms with Crippen LogP contribution >= 0.6 is 0 Å². The lowest BCUT2D eigenvalue weighted by Crippen LogP contribution is -2.58. The first-order chi connectivity index (χ1) is 10.5. The molecule has 2 saturated heterocycles. The lowest BCUT2D eigenvalue weighted by molar-refractivity contribution is -0.151. The summed E-state index contributed by atoms with van der Waals surface area (Å²) in [5, 5.41) is 10.9. The smallest absolute Gasteiger partial charge is 0.256 e. The summed E-state index contributed by atoms with van der Waals surface area (Å²) in [5.74, 6) is 1.41. The minimum atomic E-state index is -1.28. The molecule has 1 unspecified atom stereocenters. The monoisotopic (exact) mass is 304 g/mol. The number of carbonyl (C=O) groups is 1. The van der Waals surface area contributed by atoms with Crippen LogP contribution in [0.15, 0.2) is 6.07 Å². The number of aryl methyl sites for hydroxylation is 2. The SMILES string of the molecule is Cc1cc(N2CCCC(O)(C(=O)N3CCCC3)C2)nc(C)n1. The number of amides is 1. The highest BCUT2D eigenvalue weighted by atomic mass is 16.3. The van der Waals surface area contributed by atoms with Crippen molar-refractivity contribution in [3.63, 3.8) is 0 Å². The van der Waals surface area contributed by atoms with Crippen molar-refractivity contribution in [2.75, 3.05) is 31.1 Å². The number of rotatable bonds is 2. The Morgan fingerprint density at radius 1 is 1.18 bits per heavy atom. The number of aromatic nitrogens is 2. The van der Waals surface area contributed by atoms with Crippen LogP contribution in [0.2, 0.25) is 0 Å². The first-order valence-electron chi connectivity index (χ1n) is 8.07. The van der Waals surface area contributed by atoms with Crippen LogP contribution < -0.4 is 4.90 Å². The molecular weight excluding hydrogens is 280 g/mol. The third kappa shape index (κ3) is 2.92. The second-order valence-corrected chi connectivity index (χ2v) is 6.47. The minimum Gasteiger partial charge on any atom is -0.378 e. The molecular formula is C16H24N4O2. The zero-order valence-electron chi connectivity index (χ0n) is 13.4. The topological polar surface area (TPSA) is 69.6 Å². The Hall–Kier alpha value is -1.69. The van der Waals surface area contributed by atoms with Crippen molar-refractivity contribution < 1.29 is 9.90 Å². The van der Waals surface area contributed by atoms with Gasteiger partial charge in [0.2, 0.25) is 0 Å². The fourth-order valence-electron chi connectivity index (χ4n) is 3.48. The molecule has 0 aromatic carbocycles. The van der Waals surface area contributed by atoms with Gasteiger partial charge in [-0.25, -0.2) is 9.97 Å². The predicted molar refractivity (Wildman–Crippen MR) is 83.7 cm³/mol. The van der Waals surface area contributed by atoms with Crippen LogP contribution in [0.1, 0.15) is 37.2 Å². The van der Waals surface area contributed by atoms with Crippen LogP contribution in [0.3, 0.4) is 0 Å². The second kappa shape index (κ2) is 5.83. The average Bonchev–Trinajstić information content (AvgIpc) is 2.99. The number of likely N-dealkylation sites (tertiary alicyclic amines) is 1. The van der Waals surface area contributed by atoms with Crippen molar-refractivity contribution in [3.05, 3.63) is 17.6 Å². The first-order valence-corrected chi connectivity index (χ1v) is 8.07. The zero-order valence-corrected chi connectivity index (χ0v) is 13.4. The number of piperidine rings is 1. The minimum absolute atomic E-state index is 0.114. The summed E-state index contributed by atoms with van der Waals surface area (Å²) in [6.07, 6.45) is 3.39. The summed E-state index contributed by atoms with van der Waals surface area (Å²) >= 11 is 0. The Bertz CT molecular complexity index is 551. The molecule has 0 bridgehead atoms. The molecule has 6 heteroatoms. The Kier molecular flexibility index (Phi) is 4.04. The van der Waals surface area contributed by atoms with Crippen LogP contribution in [0.4, 0.5) is 5.82 Å². The molecule has 3 rings (SSSR count). The maximum absolute atomic E-state index is 12.6. The van der Waals surface area contributed by atoms with Crippen LogP contribution in [0, 0.1) is 13.8 Å². The van der Waals surface area contributed by atoms with Gasteiger partial charge in [-0.3, -0.25) is 4.79 Å². The van der Waals surface area contributed by atoms with E-state index in [1.165, 1.54) is 0 Å². The van der Waals surface area contributed by atoms with Gasteiger partial charge in [0, 0.05) is 31.4 Å². The Morgan fingerprint density at radius 2 is 1.91 bits per heavy atom. The highest BCUT2D eigenvalue weighted by Gasteiger charge is 2.43. The van der Waals surface area contributed by atoms with Crippen LogP contribution in [-0.4, -0.2) is 57.7 Å². The van der Waals surface area contributed by atoms with Gasteiger partial charge in [0.1, 0.15) is 11.6 Å². The quantitative estimate of drug-likeness (QED) is 0.884. The molecule has 2 fully saturated rings. The number of β-amino-alcohol motifs (C(OH)–C–C–N with tert-alkyl or cyclic N) is 1. The average molecular weight is 304 g/mol. The van der Waals surface area contributed by atoms with Crippen molar-refractivity contribution in [1.82, 2.24) is 14.9 Å². The number of anilines is 1. The van der Waals surface area contributed by atoms with Crippen LogP contribution in [-0.2, 0) is 4.79 Å². The van der Waals surface area contributed by atoms with E-state index in [-0.39, 0.29) is 5.91 Å². The summed E-state index contributed by atoms with van der Waals surface area (Å²) < 4.78 is 0. The van der Waals surface area contributed by atoms with Gasteiger partial charge in [0.25, 0.3) is 5.91 Å². The van der Waals surface area contributed by atoms with Gasteiger partial charge in [-0.15, -0.1) is 0 Å². The van der Waals surface area contributed by atoms with E-state index in [9.17, 15) is 9.90 Å². The molecule has 0 spiro atoms. The van der Waals surface area contributed by atoms with E-state index in [0.717, 1.165) is 56.2 Å². The molecule has 120 valence electrons. The van der Waals surface area contributed by atoms with E-state index in [4.69, 9.17) is 0 Å². The van der Waals surface area contributed by atoms with Crippen molar-refractivity contribution >= 4 is 11.7 Å². The van der Waals surface area contributed by atoms with Gasteiger partial charge in [0.05, 0.1) is 6.54 Å². The number of hydrogen-bond donors (Lipinski definition) is 1. The van der Waals surface area contributed by atoms with Gasteiger partial charge in [0.15, 0.2) is 5.60 Å².